The lowest BCUT2D eigenvalue weighted by Gasteiger charge is -2.21. The van der Waals surface area contributed by atoms with E-state index in [9.17, 15) is 19.5 Å². The largest absolute Gasteiger partial charge is 0.508 e. The van der Waals surface area contributed by atoms with E-state index in [4.69, 9.17) is 10.5 Å². The monoisotopic (exact) mass is 413 g/mol. The van der Waals surface area contributed by atoms with Crippen molar-refractivity contribution in [3.05, 3.63) is 65.7 Å². The van der Waals surface area contributed by atoms with Crippen LogP contribution in [0.25, 0.3) is 0 Å². The SMILES string of the molecule is CCC[C@H](NC(=O)OCc1ccccc1)C(=O)N[C@H](Cc1ccc(O)cc1)C(N)=O. The Hall–Kier alpha value is -3.55. The summed E-state index contributed by atoms with van der Waals surface area (Å²) >= 11 is 0. The smallest absolute Gasteiger partial charge is 0.408 e. The van der Waals surface area contributed by atoms with Crippen LogP contribution in [0.3, 0.4) is 0 Å². The molecule has 2 aromatic rings. The van der Waals surface area contributed by atoms with Gasteiger partial charge in [-0.25, -0.2) is 4.79 Å². The fraction of sp³-hybridized carbons (Fsp3) is 0.318. The fourth-order valence-corrected chi connectivity index (χ4v) is 2.83. The molecule has 8 heteroatoms. The number of primary amides is 1. The van der Waals surface area contributed by atoms with Gasteiger partial charge in [-0.2, -0.15) is 0 Å². The van der Waals surface area contributed by atoms with E-state index in [0.717, 1.165) is 11.1 Å². The van der Waals surface area contributed by atoms with Gasteiger partial charge in [-0.3, -0.25) is 9.59 Å². The quantitative estimate of drug-likeness (QED) is 0.473. The van der Waals surface area contributed by atoms with Gasteiger partial charge in [0.1, 0.15) is 24.4 Å². The van der Waals surface area contributed by atoms with Crippen LogP contribution >= 0.6 is 0 Å². The van der Waals surface area contributed by atoms with Crippen molar-refractivity contribution < 1.29 is 24.2 Å². The van der Waals surface area contributed by atoms with Gasteiger partial charge in [0.25, 0.3) is 0 Å². The number of hydrogen-bond acceptors (Lipinski definition) is 5. The molecule has 2 rings (SSSR count). The van der Waals surface area contributed by atoms with Crippen LogP contribution in [0.4, 0.5) is 4.79 Å². The van der Waals surface area contributed by atoms with Crippen molar-refractivity contribution in [1.29, 1.82) is 0 Å². The molecule has 0 aromatic heterocycles. The Morgan fingerprint density at radius 3 is 2.23 bits per heavy atom. The highest BCUT2D eigenvalue weighted by molar-refractivity contribution is 5.90. The van der Waals surface area contributed by atoms with E-state index in [1.54, 1.807) is 12.1 Å². The van der Waals surface area contributed by atoms with E-state index in [1.165, 1.54) is 12.1 Å². The topological polar surface area (TPSA) is 131 Å². The van der Waals surface area contributed by atoms with Crippen LogP contribution in [0.15, 0.2) is 54.6 Å². The van der Waals surface area contributed by atoms with Crippen molar-refractivity contribution >= 4 is 17.9 Å². The zero-order chi connectivity index (χ0) is 21.9. The van der Waals surface area contributed by atoms with E-state index in [0.29, 0.717) is 12.8 Å². The van der Waals surface area contributed by atoms with Gasteiger partial charge < -0.3 is 26.2 Å². The van der Waals surface area contributed by atoms with E-state index >= 15 is 0 Å². The molecular weight excluding hydrogens is 386 g/mol. The van der Waals surface area contributed by atoms with Crippen molar-refractivity contribution in [3.8, 4) is 5.75 Å². The first-order valence-electron chi connectivity index (χ1n) is 9.73. The first-order valence-corrected chi connectivity index (χ1v) is 9.73. The zero-order valence-electron chi connectivity index (χ0n) is 16.8. The second-order valence-electron chi connectivity index (χ2n) is 6.88. The summed E-state index contributed by atoms with van der Waals surface area (Å²) in [5, 5.41) is 14.5. The number of alkyl carbamates (subject to hydrolysis) is 1. The molecule has 0 aliphatic rings. The van der Waals surface area contributed by atoms with E-state index in [2.05, 4.69) is 10.6 Å². The molecule has 0 heterocycles. The number of benzene rings is 2. The normalized spacial score (nSPS) is 12.4. The molecule has 0 saturated heterocycles. The molecule has 0 fully saturated rings. The first kappa shape index (κ1) is 22.7. The van der Waals surface area contributed by atoms with Crippen molar-refractivity contribution in [2.75, 3.05) is 0 Å². The maximum atomic E-state index is 12.7. The number of rotatable bonds is 10. The zero-order valence-corrected chi connectivity index (χ0v) is 16.8. The average Bonchev–Trinajstić information content (AvgIpc) is 2.73. The average molecular weight is 413 g/mol. The number of phenols is 1. The minimum absolute atomic E-state index is 0.0813. The molecule has 2 atom stereocenters. The number of amides is 3. The lowest BCUT2D eigenvalue weighted by atomic mass is 10.0. The number of nitrogens with two attached hydrogens (primary N) is 1. The lowest BCUT2D eigenvalue weighted by Crippen LogP contribution is -2.53. The Bertz CT molecular complexity index is 840. The molecule has 0 aliphatic heterocycles. The third-order valence-electron chi connectivity index (χ3n) is 4.43. The third-order valence-corrected chi connectivity index (χ3v) is 4.43. The molecule has 0 radical (unpaired) electrons. The molecule has 160 valence electrons. The number of hydrogen-bond donors (Lipinski definition) is 4. The van der Waals surface area contributed by atoms with Gasteiger partial charge in [0.2, 0.25) is 11.8 Å². The van der Waals surface area contributed by atoms with Crippen LogP contribution < -0.4 is 16.4 Å². The molecule has 30 heavy (non-hydrogen) atoms. The fourth-order valence-electron chi connectivity index (χ4n) is 2.83. The number of carbonyl (C=O) groups excluding carboxylic acids is 3. The van der Waals surface area contributed by atoms with Gasteiger partial charge in [-0.05, 0) is 29.7 Å². The summed E-state index contributed by atoms with van der Waals surface area (Å²) in [4.78, 5) is 36.6. The van der Waals surface area contributed by atoms with Gasteiger partial charge in [-0.1, -0.05) is 55.8 Å². The molecule has 5 N–H and O–H groups in total. The van der Waals surface area contributed by atoms with Crippen LogP contribution in [0.1, 0.15) is 30.9 Å². The minimum Gasteiger partial charge on any atom is -0.508 e. The molecular formula is C22H27N3O5. The maximum absolute atomic E-state index is 12.7. The second kappa shape index (κ2) is 11.5. The summed E-state index contributed by atoms with van der Waals surface area (Å²) in [6, 6.07) is 13.6. The van der Waals surface area contributed by atoms with Crippen molar-refractivity contribution in [2.45, 2.75) is 44.9 Å². The Morgan fingerprint density at radius 1 is 0.967 bits per heavy atom. The van der Waals surface area contributed by atoms with Crippen LogP contribution in [-0.4, -0.2) is 35.1 Å². The number of aromatic hydroxyl groups is 1. The minimum atomic E-state index is -0.955. The van der Waals surface area contributed by atoms with E-state index in [-0.39, 0.29) is 18.8 Å². The van der Waals surface area contributed by atoms with Crippen molar-refractivity contribution in [1.82, 2.24) is 10.6 Å². The van der Waals surface area contributed by atoms with E-state index in [1.807, 2.05) is 37.3 Å². The van der Waals surface area contributed by atoms with Crippen LogP contribution in [0, 0.1) is 0 Å². The lowest BCUT2D eigenvalue weighted by molar-refractivity contribution is -0.128. The van der Waals surface area contributed by atoms with Gasteiger partial charge in [-0.15, -0.1) is 0 Å². The molecule has 0 spiro atoms. The highest BCUT2D eigenvalue weighted by Gasteiger charge is 2.25. The molecule has 8 nitrogen and oxygen atoms in total. The van der Waals surface area contributed by atoms with Crippen LogP contribution in [0.2, 0.25) is 0 Å². The summed E-state index contributed by atoms with van der Waals surface area (Å²) in [5.41, 5.74) is 6.98. The molecule has 0 saturated carbocycles. The molecule has 0 aliphatic carbocycles. The third kappa shape index (κ3) is 7.46. The predicted molar refractivity (Wildman–Crippen MR) is 111 cm³/mol. The maximum Gasteiger partial charge on any atom is 0.408 e. The summed E-state index contributed by atoms with van der Waals surface area (Å²) in [5.74, 6) is -1.12. The van der Waals surface area contributed by atoms with Crippen molar-refractivity contribution in [2.24, 2.45) is 5.73 Å². The van der Waals surface area contributed by atoms with Gasteiger partial charge in [0.15, 0.2) is 0 Å². The number of carbonyl (C=O) groups is 3. The van der Waals surface area contributed by atoms with Crippen LogP contribution in [0.5, 0.6) is 5.75 Å². The standard InChI is InChI=1S/C22H27N3O5/c1-2-6-18(25-22(29)30-14-16-7-4-3-5-8-16)21(28)24-19(20(23)27)13-15-9-11-17(26)12-10-15/h3-5,7-12,18-19,26H,2,6,13-14H2,1H3,(H2,23,27)(H,24,28)(H,25,29)/t18-,19+/m0/s1. The Kier molecular flexibility index (Phi) is 8.68. The van der Waals surface area contributed by atoms with Gasteiger partial charge in [0.05, 0.1) is 0 Å². The van der Waals surface area contributed by atoms with Crippen LogP contribution in [-0.2, 0) is 27.4 Å². The van der Waals surface area contributed by atoms with Gasteiger partial charge in [0, 0.05) is 6.42 Å². The number of nitrogens with one attached hydrogen (secondary N) is 2. The summed E-state index contributed by atoms with van der Waals surface area (Å²) in [6.45, 7) is 1.96. The summed E-state index contributed by atoms with van der Waals surface area (Å²) < 4.78 is 5.17. The van der Waals surface area contributed by atoms with Crippen molar-refractivity contribution in [3.63, 3.8) is 0 Å². The second-order valence-corrected chi connectivity index (χ2v) is 6.88. The molecule has 0 bridgehead atoms. The predicted octanol–water partition coefficient (Wildman–Crippen LogP) is 2.00. The Balaban J connectivity index is 1.95. The number of phenolic OH excluding ortho intramolecular Hbond substituents is 1. The highest BCUT2D eigenvalue weighted by atomic mass is 16.5. The van der Waals surface area contributed by atoms with Gasteiger partial charge >= 0.3 is 6.09 Å². The molecule has 0 unspecified atom stereocenters. The van der Waals surface area contributed by atoms with E-state index < -0.39 is 30.0 Å². The molecule has 2 aromatic carbocycles. The highest BCUT2D eigenvalue weighted by Crippen LogP contribution is 2.11. The molecule has 3 amide bonds. The Morgan fingerprint density at radius 2 is 1.63 bits per heavy atom. The summed E-state index contributed by atoms with van der Waals surface area (Å²) in [7, 11) is 0. The first-order chi connectivity index (χ1) is 14.4. The summed E-state index contributed by atoms with van der Waals surface area (Å²) in [6.07, 6.45) is 0.452. The Labute approximate surface area is 175 Å². The number of ether oxygens (including phenoxy) is 1.